The van der Waals surface area contributed by atoms with E-state index in [0.29, 0.717) is 17.5 Å². The number of hydrogen-bond acceptors (Lipinski definition) is 5. The zero-order valence-corrected chi connectivity index (χ0v) is 32.1. The van der Waals surface area contributed by atoms with Crippen molar-refractivity contribution in [2.24, 2.45) is 0 Å². The van der Waals surface area contributed by atoms with Crippen LogP contribution in [-0.2, 0) is 0 Å². The van der Waals surface area contributed by atoms with Crippen LogP contribution in [0.4, 0.5) is 0 Å². The third-order valence-corrected chi connectivity index (χ3v) is 13.3. The van der Waals surface area contributed by atoms with E-state index in [1.54, 1.807) is 22.7 Å². The van der Waals surface area contributed by atoms with Gasteiger partial charge >= 0.3 is 0 Å². The Morgan fingerprint density at radius 2 is 0.719 bits per heavy atom. The summed E-state index contributed by atoms with van der Waals surface area (Å²) in [4.78, 5) is 15.6. The van der Waals surface area contributed by atoms with Crippen molar-refractivity contribution in [1.29, 1.82) is 0 Å². The van der Waals surface area contributed by atoms with Gasteiger partial charge in [-0.05, 0) is 65.7 Å². The summed E-state index contributed by atoms with van der Waals surface area (Å²) in [6.07, 6.45) is 0. The van der Waals surface area contributed by atoms with E-state index in [0.717, 1.165) is 33.5 Å². The minimum absolute atomic E-state index is 0.642. The van der Waals surface area contributed by atoms with Crippen molar-refractivity contribution in [2.45, 2.75) is 0 Å². The number of thiophene rings is 2. The zero-order valence-electron chi connectivity index (χ0n) is 30.4. The number of hydrogen-bond donors (Lipinski definition) is 0. The molecule has 0 atom stereocenters. The largest absolute Gasteiger partial charge is 0.309 e. The van der Waals surface area contributed by atoms with Crippen LogP contribution in [0.5, 0.6) is 0 Å². The SMILES string of the molecule is c1cc(-c2cccc(-n3c4ccccc4c4ccccc43)c2)cc(-c2nc(-c3ccc4c(c3)sc3ccccc34)nc(-c3ccc4c(c3)sc3ccccc34)n2)c1. The van der Waals surface area contributed by atoms with Crippen molar-refractivity contribution < 1.29 is 0 Å². The lowest BCUT2D eigenvalue weighted by molar-refractivity contribution is 1.08. The topological polar surface area (TPSA) is 43.6 Å². The molecule has 0 spiro atoms. The second kappa shape index (κ2) is 12.8. The molecule has 0 amide bonds. The molecule has 8 aromatic carbocycles. The van der Waals surface area contributed by atoms with E-state index in [4.69, 9.17) is 15.0 Å². The van der Waals surface area contributed by atoms with Gasteiger partial charge in [0.2, 0.25) is 0 Å². The fourth-order valence-corrected chi connectivity index (χ4v) is 10.6. The first kappa shape index (κ1) is 32.3. The van der Waals surface area contributed by atoms with Gasteiger partial charge in [-0.3, -0.25) is 0 Å². The van der Waals surface area contributed by atoms with Gasteiger partial charge in [-0.15, -0.1) is 22.7 Å². The maximum absolute atomic E-state index is 5.20. The average molecular weight is 763 g/mol. The molecule has 0 unspecified atom stereocenters. The summed E-state index contributed by atoms with van der Waals surface area (Å²) in [6.45, 7) is 0. The Labute approximate surface area is 335 Å². The lowest BCUT2D eigenvalue weighted by Gasteiger charge is -2.12. The van der Waals surface area contributed by atoms with E-state index >= 15 is 0 Å². The summed E-state index contributed by atoms with van der Waals surface area (Å²) < 4.78 is 7.35. The van der Waals surface area contributed by atoms with Crippen molar-refractivity contribution in [3.63, 3.8) is 0 Å². The van der Waals surface area contributed by atoms with Crippen molar-refractivity contribution in [1.82, 2.24) is 19.5 Å². The molecule has 4 aromatic heterocycles. The molecular formula is C51H30N4S2. The van der Waals surface area contributed by atoms with Gasteiger partial charge in [0.05, 0.1) is 11.0 Å². The Kier molecular flexibility index (Phi) is 7.24. The molecule has 4 heterocycles. The molecule has 6 heteroatoms. The van der Waals surface area contributed by atoms with Crippen LogP contribution in [0.3, 0.4) is 0 Å². The van der Waals surface area contributed by atoms with Gasteiger partial charge in [0.25, 0.3) is 0 Å². The van der Waals surface area contributed by atoms with E-state index in [9.17, 15) is 0 Å². The first-order valence-corrected chi connectivity index (χ1v) is 20.6. The average Bonchev–Trinajstić information content (AvgIpc) is 3.95. The number of fused-ring (bicyclic) bond motifs is 9. The lowest BCUT2D eigenvalue weighted by atomic mass is 10.0. The van der Waals surface area contributed by atoms with Crippen LogP contribution in [0.15, 0.2) is 182 Å². The van der Waals surface area contributed by atoms with Crippen molar-refractivity contribution in [3.05, 3.63) is 182 Å². The van der Waals surface area contributed by atoms with E-state index in [2.05, 4.69) is 187 Å². The van der Waals surface area contributed by atoms with Gasteiger partial charge in [0.15, 0.2) is 17.5 Å². The summed E-state index contributed by atoms with van der Waals surface area (Å²) in [5.74, 6) is 1.96. The van der Waals surface area contributed by atoms with E-state index in [1.807, 2.05) is 0 Å². The molecule has 0 aliphatic rings. The highest BCUT2D eigenvalue weighted by Gasteiger charge is 2.17. The highest BCUT2D eigenvalue weighted by Crippen LogP contribution is 2.39. The minimum atomic E-state index is 0.642. The molecule has 12 rings (SSSR count). The van der Waals surface area contributed by atoms with Gasteiger partial charge in [-0.25, -0.2) is 15.0 Å². The fraction of sp³-hybridized carbons (Fsp3) is 0. The predicted octanol–water partition coefficient (Wildman–Crippen LogP) is 14.4. The van der Waals surface area contributed by atoms with Gasteiger partial charge in [-0.2, -0.15) is 0 Å². The van der Waals surface area contributed by atoms with Crippen molar-refractivity contribution >= 4 is 84.8 Å². The molecule has 4 nitrogen and oxygen atoms in total. The summed E-state index contributed by atoms with van der Waals surface area (Å²) >= 11 is 3.61. The molecule has 0 saturated carbocycles. The Balaban J connectivity index is 1.00. The summed E-state index contributed by atoms with van der Waals surface area (Å²) in [5.41, 5.74) is 8.59. The first-order valence-electron chi connectivity index (χ1n) is 19.0. The van der Waals surface area contributed by atoms with Gasteiger partial charge < -0.3 is 4.57 Å². The van der Waals surface area contributed by atoms with Crippen LogP contribution in [0.1, 0.15) is 0 Å². The van der Waals surface area contributed by atoms with Crippen LogP contribution in [0.2, 0.25) is 0 Å². The van der Waals surface area contributed by atoms with Gasteiger partial charge in [0.1, 0.15) is 0 Å². The second-order valence-electron chi connectivity index (χ2n) is 14.4. The Morgan fingerprint density at radius 1 is 0.298 bits per heavy atom. The summed E-state index contributed by atoms with van der Waals surface area (Å²) in [6, 6.07) is 65.0. The van der Waals surface area contributed by atoms with Crippen LogP contribution in [0.25, 0.3) is 113 Å². The van der Waals surface area contributed by atoms with E-state index in [-0.39, 0.29) is 0 Å². The Morgan fingerprint density at radius 3 is 1.28 bits per heavy atom. The maximum Gasteiger partial charge on any atom is 0.164 e. The van der Waals surface area contributed by atoms with Crippen LogP contribution >= 0.6 is 22.7 Å². The molecule has 12 aromatic rings. The molecule has 0 aliphatic heterocycles. The monoisotopic (exact) mass is 762 g/mol. The third-order valence-electron chi connectivity index (χ3n) is 11.0. The number of benzene rings is 8. The normalized spacial score (nSPS) is 11.9. The predicted molar refractivity (Wildman–Crippen MR) is 242 cm³/mol. The first-order chi connectivity index (χ1) is 28.2. The van der Waals surface area contributed by atoms with Crippen molar-refractivity contribution in [3.8, 4) is 51.0 Å². The van der Waals surface area contributed by atoms with Crippen LogP contribution in [-0.4, -0.2) is 19.5 Å². The molecular weight excluding hydrogens is 733 g/mol. The molecule has 57 heavy (non-hydrogen) atoms. The Hall–Kier alpha value is -6.99. The molecule has 0 aliphatic carbocycles. The highest BCUT2D eigenvalue weighted by molar-refractivity contribution is 7.26. The molecule has 266 valence electrons. The highest BCUT2D eigenvalue weighted by atomic mass is 32.1. The minimum Gasteiger partial charge on any atom is -0.309 e. The number of nitrogens with zero attached hydrogens (tertiary/aromatic N) is 4. The van der Waals surface area contributed by atoms with E-state index < -0.39 is 0 Å². The second-order valence-corrected chi connectivity index (χ2v) is 16.6. The molecule has 0 radical (unpaired) electrons. The number of rotatable bonds is 5. The van der Waals surface area contributed by atoms with Gasteiger partial charge in [0, 0.05) is 73.5 Å². The molecule has 0 saturated heterocycles. The van der Waals surface area contributed by atoms with Gasteiger partial charge in [-0.1, -0.05) is 127 Å². The molecule has 0 fully saturated rings. The smallest absolute Gasteiger partial charge is 0.164 e. The quantitative estimate of drug-likeness (QED) is 0.175. The fourth-order valence-electron chi connectivity index (χ4n) is 8.36. The third kappa shape index (κ3) is 5.30. The summed E-state index contributed by atoms with van der Waals surface area (Å²) in [7, 11) is 0. The molecule has 0 N–H and O–H groups in total. The Bertz CT molecular complexity index is 3370. The molecule has 0 bridgehead atoms. The van der Waals surface area contributed by atoms with E-state index in [1.165, 1.54) is 62.2 Å². The van der Waals surface area contributed by atoms with Crippen LogP contribution in [0, 0.1) is 0 Å². The standard InChI is InChI=1S/C51H30N4S2/c1-5-19-43-37(15-1)38-16-2-6-20-44(38)55(43)36-14-10-12-32(28-36)31-11-9-13-33(27-31)49-52-50(34-23-25-41-39-17-3-7-21-45(39)56-47(41)29-34)54-51(53-49)35-24-26-42-40-18-4-8-22-46(40)57-48(42)30-35/h1-30H. The number of aromatic nitrogens is 4. The summed E-state index contributed by atoms with van der Waals surface area (Å²) in [5, 5.41) is 7.55. The lowest BCUT2D eigenvalue weighted by Crippen LogP contribution is -2.00. The van der Waals surface area contributed by atoms with Crippen molar-refractivity contribution in [2.75, 3.05) is 0 Å². The van der Waals surface area contributed by atoms with Crippen LogP contribution < -0.4 is 0 Å². The maximum atomic E-state index is 5.20. The number of para-hydroxylation sites is 2. The zero-order chi connectivity index (χ0) is 37.5.